The first kappa shape index (κ1) is 10.2. The van der Waals surface area contributed by atoms with E-state index < -0.39 is 11.7 Å². The lowest BCUT2D eigenvalue weighted by Gasteiger charge is -2.19. The summed E-state index contributed by atoms with van der Waals surface area (Å²) in [5.74, 6) is 0. The second kappa shape index (κ2) is 3.35. The van der Waals surface area contributed by atoms with Crippen LogP contribution in [0.1, 0.15) is 19.4 Å². The van der Waals surface area contributed by atoms with Crippen molar-refractivity contribution in [3.8, 4) is 0 Å². The van der Waals surface area contributed by atoms with Gasteiger partial charge in [0, 0.05) is 10.6 Å². The molecule has 0 N–H and O–H groups in total. The lowest BCUT2D eigenvalue weighted by Crippen LogP contribution is -2.31. The monoisotopic (exact) mass is 223 g/mol. The van der Waals surface area contributed by atoms with Crippen LogP contribution in [0.15, 0.2) is 29.3 Å². The molecule has 0 aromatic heterocycles. The average Bonchev–Trinajstić information content (AvgIpc) is 2.40. The third kappa shape index (κ3) is 1.75. The zero-order chi connectivity index (χ0) is 11.1. The van der Waals surface area contributed by atoms with Gasteiger partial charge in [-0.15, -0.1) is 0 Å². The maximum atomic E-state index is 11.1. The van der Waals surface area contributed by atoms with Gasteiger partial charge >= 0.3 is 6.09 Å². The summed E-state index contributed by atoms with van der Waals surface area (Å²) >= 11 is 6.03. The molecule has 15 heavy (non-hydrogen) atoms. The van der Waals surface area contributed by atoms with Crippen LogP contribution in [-0.2, 0) is 4.74 Å². The highest BCUT2D eigenvalue weighted by Gasteiger charge is 2.37. The lowest BCUT2D eigenvalue weighted by molar-refractivity contribution is 0.107. The third-order valence-corrected chi connectivity index (χ3v) is 2.57. The summed E-state index contributed by atoms with van der Waals surface area (Å²) < 4.78 is 5.07. The Balaban J connectivity index is 2.53. The first-order chi connectivity index (χ1) is 7.00. The number of carbonyl (C=O) groups is 1. The van der Waals surface area contributed by atoms with Gasteiger partial charge in [0.15, 0.2) is 5.60 Å². The molecule has 0 radical (unpaired) electrons. The van der Waals surface area contributed by atoms with Gasteiger partial charge in [0.2, 0.25) is 0 Å². The summed E-state index contributed by atoms with van der Waals surface area (Å²) in [6.07, 6.45) is -0.560. The first-order valence-corrected chi connectivity index (χ1v) is 4.95. The molecule has 0 unspecified atom stereocenters. The van der Waals surface area contributed by atoms with E-state index in [-0.39, 0.29) is 0 Å². The van der Waals surface area contributed by atoms with Crippen LogP contribution in [-0.4, -0.2) is 17.4 Å². The molecule has 0 aliphatic carbocycles. The van der Waals surface area contributed by atoms with Crippen molar-refractivity contribution in [2.75, 3.05) is 0 Å². The van der Waals surface area contributed by atoms with Gasteiger partial charge in [-0.2, -0.15) is 4.99 Å². The summed E-state index contributed by atoms with van der Waals surface area (Å²) in [5, 5.41) is 0.572. The van der Waals surface area contributed by atoms with Gasteiger partial charge in [0.05, 0.1) is 5.71 Å². The molecule has 1 aliphatic heterocycles. The zero-order valence-corrected chi connectivity index (χ0v) is 9.21. The topological polar surface area (TPSA) is 38.7 Å². The van der Waals surface area contributed by atoms with Gasteiger partial charge in [-0.25, -0.2) is 4.79 Å². The minimum atomic E-state index is -0.706. The van der Waals surface area contributed by atoms with Crippen molar-refractivity contribution in [2.24, 2.45) is 4.99 Å². The number of aliphatic imine (C=N–C) groups is 1. The second-order valence-corrected chi connectivity index (χ2v) is 4.23. The molecule has 0 saturated heterocycles. The van der Waals surface area contributed by atoms with Crippen molar-refractivity contribution < 1.29 is 9.53 Å². The number of hydrogen-bond donors (Lipinski definition) is 0. The van der Waals surface area contributed by atoms with E-state index in [1.54, 1.807) is 19.9 Å². The predicted molar refractivity (Wildman–Crippen MR) is 58.5 cm³/mol. The maximum absolute atomic E-state index is 11.1. The lowest BCUT2D eigenvalue weighted by atomic mass is 9.96. The van der Waals surface area contributed by atoms with Crippen molar-refractivity contribution >= 4 is 23.4 Å². The molecule has 0 atom stereocenters. The van der Waals surface area contributed by atoms with Gasteiger partial charge in [-0.1, -0.05) is 29.8 Å². The summed E-state index contributed by atoms with van der Waals surface area (Å²) in [6.45, 7) is 3.58. The number of carbonyl (C=O) groups excluding carboxylic acids is 1. The fourth-order valence-corrected chi connectivity index (χ4v) is 1.78. The summed E-state index contributed by atoms with van der Waals surface area (Å²) in [5.41, 5.74) is 0.621. The molecule has 2 rings (SSSR count). The minimum Gasteiger partial charge on any atom is -0.435 e. The Hall–Kier alpha value is -1.35. The van der Waals surface area contributed by atoms with E-state index in [0.29, 0.717) is 10.7 Å². The Morgan fingerprint density at radius 1 is 1.33 bits per heavy atom. The smallest absolute Gasteiger partial charge is 0.434 e. The number of ether oxygens (including phenoxy) is 1. The van der Waals surface area contributed by atoms with Crippen LogP contribution in [0.4, 0.5) is 4.79 Å². The highest BCUT2D eigenvalue weighted by Crippen LogP contribution is 2.28. The van der Waals surface area contributed by atoms with Gasteiger partial charge in [-0.05, 0) is 19.9 Å². The molecular weight excluding hydrogens is 214 g/mol. The first-order valence-electron chi connectivity index (χ1n) is 4.58. The number of halogens is 1. The fourth-order valence-electron chi connectivity index (χ4n) is 1.55. The molecule has 1 aromatic rings. The summed E-state index contributed by atoms with van der Waals surface area (Å²) in [4.78, 5) is 14.9. The van der Waals surface area contributed by atoms with E-state index in [9.17, 15) is 4.79 Å². The molecule has 1 heterocycles. The average molecular weight is 224 g/mol. The van der Waals surface area contributed by atoms with Crippen molar-refractivity contribution in [1.82, 2.24) is 0 Å². The van der Waals surface area contributed by atoms with Crippen LogP contribution in [0.2, 0.25) is 5.02 Å². The quantitative estimate of drug-likeness (QED) is 0.734. The number of cyclic esters (lactones) is 1. The molecule has 0 saturated carbocycles. The van der Waals surface area contributed by atoms with Crippen molar-refractivity contribution in [3.05, 3.63) is 34.9 Å². The number of hydrogen-bond acceptors (Lipinski definition) is 2. The molecule has 4 heteroatoms. The van der Waals surface area contributed by atoms with E-state index in [0.717, 1.165) is 5.56 Å². The Kier molecular flexibility index (Phi) is 2.27. The predicted octanol–water partition coefficient (Wildman–Crippen LogP) is 3.06. The Morgan fingerprint density at radius 3 is 2.53 bits per heavy atom. The van der Waals surface area contributed by atoms with E-state index in [1.807, 2.05) is 18.2 Å². The number of benzene rings is 1. The molecule has 0 bridgehead atoms. The highest BCUT2D eigenvalue weighted by atomic mass is 35.5. The Morgan fingerprint density at radius 2 is 2.00 bits per heavy atom. The van der Waals surface area contributed by atoms with E-state index >= 15 is 0 Å². The zero-order valence-electron chi connectivity index (χ0n) is 8.45. The van der Waals surface area contributed by atoms with Crippen LogP contribution in [0.3, 0.4) is 0 Å². The van der Waals surface area contributed by atoms with Gasteiger partial charge in [0.1, 0.15) is 0 Å². The minimum absolute atomic E-state index is 0.560. The molecule has 0 fully saturated rings. The summed E-state index contributed by atoms with van der Waals surface area (Å²) in [7, 11) is 0. The van der Waals surface area contributed by atoms with Crippen molar-refractivity contribution in [1.29, 1.82) is 0 Å². The standard InChI is InChI=1S/C11H10ClNO2/c1-11(2)9(13-10(14)15-11)7-5-3-4-6-8(7)12/h3-6H,1-2H3. The fraction of sp³-hybridized carbons (Fsp3) is 0.273. The van der Waals surface area contributed by atoms with Crippen molar-refractivity contribution in [2.45, 2.75) is 19.4 Å². The largest absolute Gasteiger partial charge is 0.435 e. The molecule has 1 amide bonds. The molecule has 78 valence electrons. The maximum Gasteiger partial charge on any atom is 0.434 e. The Labute approximate surface area is 92.7 Å². The van der Waals surface area contributed by atoms with Crippen molar-refractivity contribution in [3.63, 3.8) is 0 Å². The summed E-state index contributed by atoms with van der Waals surface area (Å²) in [6, 6.07) is 7.27. The van der Waals surface area contributed by atoms with E-state index in [4.69, 9.17) is 16.3 Å². The Bertz CT molecular complexity index is 452. The number of rotatable bonds is 1. The molecule has 0 spiro atoms. The van der Waals surface area contributed by atoms with Gasteiger partial charge in [0.25, 0.3) is 0 Å². The second-order valence-electron chi connectivity index (χ2n) is 3.82. The number of amides is 1. The third-order valence-electron chi connectivity index (χ3n) is 2.24. The van der Waals surface area contributed by atoms with Gasteiger partial charge < -0.3 is 4.74 Å². The number of nitrogens with zero attached hydrogens (tertiary/aromatic N) is 1. The van der Waals surface area contributed by atoms with Crippen LogP contribution in [0.5, 0.6) is 0 Å². The van der Waals surface area contributed by atoms with Crippen LogP contribution >= 0.6 is 11.6 Å². The van der Waals surface area contributed by atoms with Gasteiger partial charge in [-0.3, -0.25) is 0 Å². The van der Waals surface area contributed by atoms with E-state index in [1.165, 1.54) is 0 Å². The SMILES string of the molecule is CC1(C)OC(=O)N=C1c1ccccc1Cl. The molecule has 3 nitrogen and oxygen atoms in total. The van der Waals surface area contributed by atoms with Crippen LogP contribution in [0.25, 0.3) is 0 Å². The highest BCUT2D eigenvalue weighted by molar-refractivity contribution is 6.35. The molecule has 1 aliphatic rings. The molecule has 1 aromatic carbocycles. The van der Waals surface area contributed by atoms with Crippen LogP contribution < -0.4 is 0 Å². The van der Waals surface area contributed by atoms with E-state index in [2.05, 4.69) is 4.99 Å². The van der Waals surface area contributed by atoms with Crippen LogP contribution in [0, 0.1) is 0 Å². The normalized spacial score (nSPS) is 18.6. The molecular formula is C11H10ClNO2.